The first-order valence-corrected chi connectivity index (χ1v) is 5.79. The topological polar surface area (TPSA) is 70.8 Å². The first-order chi connectivity index (χ1) is 6.88. The summed E-state index contributed by atoms with van der Waals surface area (Å²) in [4.78, 5) is 2.58. The average molecular weight is 253 g/mol. The van der Waals surface area contributed by atoms with E-state index in [-0.39, 0.29) is 0 Å². The summed E-state index contributed by atoms with van der Waals surface area (Å²) in [6.07, 6.45) is -1.49. The van der Waals surface area contributed by atoms with Gasteiger partial charge in [0.05, 0.1) is 11.1 Å². The second-order valence-electron chi connectivity index (χ2n) is 2.45. The van der Waals surface area contributed by atoms with E-state index in [9.17, 15) is 17.2 Å². The molecule has 8 heteroatoms. The number of alkyl halides is 2. The summed E-state index contributed by atoms with van der Waals surface area (Å²) in [5.41, 5.74) is -1.42. The highest BCUT2D eigenvalue weighted by atomic mass is 35.7. The van der Waals surface area contributed by atoms with Crippen molar-refractivity contribution < 1.29 is 17.2 Å². The van der Waals surface area contributed by atoms with Gasteiger partial charge in [-0.1, -0.05) is 0 Å². The summed E-state index contributed by atoms with van der Waals surface area (Å²) in [6.45, 7) is 0. The smallest absolute Gasteiger partial charge is 0.263 e. The Hall–Kier alpha value is -1.26. The fourth-order valence-corrected chi connectivity index (χ4v) is 1.87. The lowest BCUT2D eigenvalue weighted by Gasteiger charge is -2.04. The fourth-order valence-electron chi connectivity index (χ4n) is 0.927. The standard InChI is InChI=1S/C7H3ClF2N2O2S/c8-15(13,14)6-3-12-2-5(7(9)10)4(6)1-11/h2-3,7H. The van der Waals surface area contributed by atoms with Crippen LogP contribution in [0, 0.1) is 11.3 Å². The molecule has 0 saturated carbocycles. The van der Waals surface area contributed by atoms with E-state index >= 15 is 0 Å². The number of pyridine rings is 1. The Morgan fingerprint density at radius 1 is 1.47 bits per heavy atom. The van der Waals surface area contributed by atoms with Gasteiger partial charge in [0.25, 0.3) is 15.5 Å². The van der Waals surface area contributed by atoms with Crippen molar-refractivity contribution in [2.45, 2.75) is 11.3 Å². The quantitative estimate of drug-likeness (QED) is 0.753. The van der Waals surface area contributed by atoms with Gasteiger partial charge in [-0.25, -0.2) is 17.2 Å². The normalized spacial score (nSPS) is 11.4. The molecule has 1 heterocycles. The molecule has 1 aromatic rings. The molecule has 0 aliphatic rings. The molecule has 0 aliphatic heterocycles. The molecule has 1 aromatic heterocycles. The highest BCUT2D eigenvalue weighted by Gasteiger charge is 2.23. The van der Waals surface area contributed by atoms with Crippen molar-refractivity contribution in [3.8, 4) is 6.07 Å². The predicted molar refractivity (Wildman–Crippen MR) is 46.9 cm³/mol. The summed E-state index contributed by atoms with van der Waals surface area (Å²) >= 11 is 0. The van der Waals surface area contributed by atoms with Gasteiger partial charge in [0.1, 0.15) is 11.0 Å². The minimum Gasteiger partial charge on any atom is -0.263 e. The summed E-state index contributed by atoms with van der Waals surface area (Å²) in [6, 6.07) is 1.37. The predicted octanol–water partition coefficient (Wildman–Crippen LogP) is 1.82. The Balaban J connectivity index is 3.58. The number of rotatable bonds is 2. The highest BCUT2D eigenvalue weighted by Crippen LogP contribution is 2.27. The first-order valence-electron chi connectivity index (χ1n) is 3.48. The number of nitrogens with zero attached hydrogens (tertiary/aromatic N) is 2. The first kappa shape index (κ1) is 11.8. The van der Waals surface area contributed by atoms with Crippen molar-refractivity contribution in [1.29, 1.82) is 5.26 Å². The molecule has 0 radical (unpaired) electrons. The zero-order valence-electron chi connectivity index (χ0n) is 6.99. The van der Waals surface area contributed by atoms with Crippen molar-refractivity contribution >= 4 is 19.7 Å². The van der Waals surface area contributed by atoms with Crippen LogP contribution in [0.4, 0.5) is 8.78 Å². The van der Waals surface area contributed by atoms with Crippen LogP contribution in [0.25, 0.3) is 0 Å². The summed E-state index contributed by atoms with van der Waals surface area (Å²) in [7, 11) is 0.708. The van der Waals surface area contributed by atoms with Crippen LogP contribution in [0.15, 0.2) is 17.3 Å². The molecule has 0 N–H and O–H groups in total. The van der Waals surface area contributed by atoms with E-state index in [1.807, 2.05) is 0 Å². The molecular formula is C7H3ClF2N2O2S. The molecule has 0 aliphatic carbocycles. The van der Waals surface area contributed by atoms with E-state index in [2.05, 4.69) is 4.98 Å². The molecule has 0 aromatic carbocycles. The Labute approximate surface area is 88.5 Å². The van der Waals surface area contributed by atoms with E-state index in [0.29, 0.717) is 0 Å². The van der Waals surface area contributed by atoms with E-state index in [0.717, 1.165) is 12.4 Å². The monoisotopic (exact) mass is 252 g/mol. The van der Waals surface area contributed by atoms with Gasteiger partial charge in [0.15, 0.2) is 0 Å². The summed E-state index contributed by atoms with van der Waals surface area (Å²) < 4.78 is 46.5. The molecule has 15 heavy (non-hydrogen) atoms. The van der Waals surface area contributed by atoms with E-state index in [4.69, 9.17) is 15.9 Å². The third-order valence-electron chi connectivity index (χ3n) is 1.55. The molecule has 0 saturated heterocycles. The average Bonchev–Trinajstić information content (AvgIpc) is 2.15. The minimum absolute atomic E-state index is 0.671. The molecule has 0 fully saturated rings. The van der Waals surface area contributed by atoms with Crippen LogP contribution in [0.5, 0.6) is 0 Å². The molecule has 0 spiro atoms. The molecule has 0 unspecified atom stereocenters. The van der Waals surface area contributed by atoms with Crippen LogP contribution in [0.1, 0.15) is 17.6 Å². The van der Waals surface area contributed by atoms with Crippen LogP contribution in [0.2, 0.25) is 0 Å². The Morgan fingerprint density at radius 3 is 2.47 bits per heavy atom. The van der Waals surface area contributed by atoms with Gasteiger partial charge in [-0.2, -0.15) is 5.26 Å². The van der Waals surface area contributed by atoms with Gasteiger partial charge in [-0.3, -0.25) is 4.98 Å². The molecule has 0 amide bonds. The third-order valence-corrected chi connectivity index (χ3v) is 2.88. The second kappa shape index (κ2) is 4.08. The lowest BCUT2D eigenvalue weighted by molar-refractivity contribution is 0.150. The van der Waals surface area contributed by atoms with E-state index in [1.165, 1.54) is 6.07 Å². The van der Waals surface area contributed by atoms with Crippen molar-refractivity contribution in [3.05, 3.63) is 23.5 Å². The molecule has 80 valence electrons. The Bertz CT molecular complexity index is 524. The molecule has 0 atom stereocenters. The van der Waals surface area contributed by atoms with Crippen molar-refractivity contribution in [2.75, 3.05) is 0 Å². The van der Waals surface area contributed by atoms with Crippen molar-refractivity contribution in [2.24, 2.45) is 0 Å². The number of aromatic nitrogens is 1. The van der Waals surface area contributed by atoms with Crippen LogP contribution >= 0.6 is 10.7 Å². The van der Waals surface area contributed by atoms with Crippen LogP contribution in [0.3, 0.4) is 0 Å². The molecule has 1 rings (SSSR count). The molecule has 0 bridgehead atoms. The number of halogens is 3. The van der Waals surface area contributed by atoms with Crippen LogP contribution in [-0.2, 0) is 9.05 Å². The summed E-state index contributed by atoms with van der Waals surface area (Å²) in [5.74, 6) is 0. The van der Waals surface area contributed by atoms with Crippen molar-refractivity contribution in [3.63, 3.8) is 0 Å². The Kier molecular flexibility index (Phi) is 3.21. The maximum absolute atomic E-state index is 12.4. The zero-order valence-corrected chi connectivity index (χ0v) is 8.56. The number of hydrogen-bond donors (Lipinski definition) is 0. The van der Waals surface area contributed by atoms with Gasteiger partial charge in [-0.05, 0) is 0 Å². The van der Waals surface area contributed by atoms with E-state index < -0.39 is 31.5 Å². The van der Waals surface area contributed by atoms with Gasteiger partial charge < -0.3 is 0 Å². The number of nitriles is 1. The molecule has 4 nitrogen and oxygen atoms in total. The van der Waals surface area contributed by atoms with Crippen molar-refractivity contribution in [1.82, 2.24) is 4.98 Å². The largest absolute Gasteiger partial charge is 0.266 e. The Morgan fingerprint density at radius 2 is 2.07 bits per heavy atom. The van der Waals surface area contributed by atoms with E-state index in [1.54, 1.807) is 0 Å². The van der Waals surface area contributed by atoms with Gasteiger partial charge in [0, 0.05) is 23.1 Å². The zero-order chi connectivity index (χ0) is 11.6. The molecular weight excluding hydrogens is 250 g/mol. The second-order valence-corrected chi connectivity index (χ2v) is 4.99. The number of hydrogen-bond acceptors (Lipinski definition) is 4. The lowest BCUT2D eigenvalue weighted by Crippen LogP contribution is -2.01. The SMILES string of the molecule is N#Cc1c(C(F)F)cncc1S(=O)(=O)Cl. The van der Waals surface area contributed by atoms with Gasteiger partial charge in [0.2, 0.25) is 0 Å². The highest BCUT2D eigenvalue weighted by molar-refractivity contribution is 8.13. The van der Waals surface area contributed by atoms with Crippen LogP contribution in [-0.4, -0.2) is 13.4 Å². The summed E-state index contributed by atoms with van der Waals surface area (Å²) in [5, 5.41) is 8.58. The fraction of sp³-hybridized carbons (Fsp3) is 0.143. The maximum Gasteiger partial charge on any atom is 0.266 e. The maximum atomic E-state index is 12.4. The van der Waals surface area contributed by atoms with Gasteiger partial charge >= 0.3 is 0 Å². The lowest BCUT2D eigenvalue weighted by atomic mass is 10.1. The van der Waals surface area contributed by atoms with Gasteiger partial charge in [-0.15, -0.1) is 0 Å². The third kappa shape index (κ3) is 2.40. The van der Waals surface area contributed by atoms with Crippen LogP contribution < -0.4 is 0 Å². The minimum atomic E-state index is -4.25.